The lowest BCUT2D eigenvalue weighted by Gasteiger charge is -2.23. The molecule has 174 valence electrons. The minimum Gasteiger partial charge on any atom is -0.452 e. The molecule has 0 saturated carbocycles. The Labute approximate surface area is 186 Å². The standard InChI is InChI=1S/C22H35N3O5S/c1-5-25(6-2)31(28,29)18-9-10-20(24-13-7-8-14-24)19(15-18)22(27)30-16-21(26)23-12-11-17(3)4/h9-10,15,17H,5-8,11-14,16H2,1-4H3,(H,23,26). The van der Waals surface area contributed by atoms with E-state index in [2.05, 4.69) is 19.2 Å². The molecular formula is C22H35N3O5S. The van der Waals surface area contributed by atoms with Gasteiger partial charge in [0.05, 0.1) is 16.1 Å². The summed E-state index contributed by atoms with van der Waals surface area (Å²) in [6, 6.07) is 4.58. The van der Waals surface area contributed by atoms with Crippen molar-refractivity contribution >= 4 is 27.6 Å². The molecule has 2 rings (SSSR count). The van der Waals surface area contributed by atoms with Gasteiger partial charge in [-0.25, -0.2) is 13.2 Å². The van der Waals surface area contributed by atoms with Crippen LogP contribution in [0.25, 0.3) is 0 Å². The number of hydrogen-bond donors (Lipinski definition) is 1. The highest BCUT2D eigenvalue weighted by Crippen LogP contribution is 2.29. The van der Waals surface area contributed by atoms with Gasteiger partial charge in [-0.2, -0.15) is 4.31 Å². The van der Waals surface area contributed by atoms with Gasteiger partial charge in [0.2, 0.25) is 10.0 Å². The van der Waals surface area contributed by atoms with Crippen molar-refractivity contribution in [3.05, 3.63) is 23.8 Å². The molecule has 0 atom stereocenters. The van der Waals surface area contributed by atoms with Crippen molar-refractivity contribution in [2.75, 3.05) is 44.2 Å². The SMILES string of the molecule is CCN(CC)S(=O)(=O)c1ccc(N2CCCC2)c(C(=O)OCC(=O)NCCC(C)C)c1. The fourth-order valence-electron chi connectivity index (χ4n) is 3.55. The Morgan fingerprint density at radius 2 is 1.81 bits per heavy atom. The Bertz CT molecular complexity index is 860. The van der Waals surface area contributed by atoms with Crippen molar-refractivity contribution in [1.82, 2.24) is 9.62 Å². The highest BCUT2D eigenvalue weighted by atomic mass is 32.2. The fraction of sp³-hybridized carbons (Fsp3) is 0.636. The van der Waals surface area contributed by atoms with E-state index < -0.39 is 22.6 Å². The molecule has 0 unspecified atom stereocenters. The van der Waals surface area contributed by atoms with Crippen LogP contribution < -0.4 is 10.2 Å². The molecule has 1 aromatic carbocycles. The number of hydrogen-bond acceptors (Lipinski definition) is 6. The van der Waals surface area contributed by atoms with E-state index in [1.807, 2.05) is 4.90 Å². The number of ether oxygens (including phenoxy) is 1. The molecule has 1 N–H and O–H groups in total. The molecular weight excluding hydrogens is 418 g/mol. The number of nitrogens with one attached hydrogen (secondary N) is 1. The van der Waals surface area contributed by atoms with Crippen LogP contribution in [0, 0.1) is 5.92 Å². The summed E-state index contributed by atoms with van der Waals surface area (Å²) in [5.74, 6) is -0.609. The lowest BCUT2D eigenvalue weighted by Crippen LogP contribution is -2.32. The summed E-state index contributed by atoms with van der Waals surface area (Å²) >= 11 is 0. The van der Waals surface area contributed by atoms with Gasteiger partial charge in [0, 0.05) is 32.7 Å². The number of carbonyl (C=O) groups excluding carboxylic acids is 2. The molecule has 0 aliphatic carbocycles. The van der Waals surface area contributed by atoms with Crippen molar-refractivity contribution in [1.29, 1.82) is 0 Å². The predicted molar refractivity (Wildman–Crippen MR) is 121 cm³/mol. The van der Waals surface area contributed by atoms with Crippen molar-refractivity contribution in [2.24, 2.45) is 5.92 Å². The van der Waals surface area contributed by atoms with Crippen LogP contribution in [0.2, 0.25) is 0 Å². The summed E-state index contributed by atoms with van der Waals surface area (Å²) in [7, 11) is -3.72. The molecule has 0 bridgehead atoms. The number of benzene rings is 1. The maximum absolute atomic E-state index is 12.9. The first-order chi connectivity index (χ1) is 14.7. The van der Waals surface area contributed by atoms with Gasteiger partial charge in [0.15, 0.2) is 6.61 Å². The van der Waals surface area contributed by atoms with E-state index in [0.29, 0.717) is 31.2 Å². The first kappa shape index (κ1) is 25.1. The van der Waals surface area contributed by atoms with E-state index in [1.54, 1.807) is 19.9 Å². The molecule has 31 heavy (non-hydrogen) atoms. The Morgan fingerprint density at radius 1 is 1.16 bits per heavy atom. The smallest absolute Gasteiger partial charge is 0.340 e. The summed E-state index contributed by atoms with van der Waals surface area (Å²) < 4.78 is 32.5. The lowest BCUT2D eigenvalue weighted by molar-refractivity contribution is -0.124. The zero-order valence-electron chi connectivity index (χ0n) is 19.0. The second-order valence-electron chi connectivity index (χ2n) is 8.07. The van der Waals surface area contributed by atoms with E-state index in [9.17, 15) is 18.0 Å². The Hall–Kier alpha value is -2.13. The highest BCUT2D eigenvalue weighted by molar-refractivity contribution is 7.89. The molecule has 1 aromatic rings. The first-order valence-electron chi connectivity index (χ1n) is 11.0. The van der Waals surface area contributed by atoms with Gasteiger partial charge in [-0.15, -0.1) is 0 Å². The average Bonchev–Trinajstić information content (AvgIpc) is 3.26. The van der Waals surface area contributed by atoms with Crippen LogP contribution in [0.5, 0.6) is 0 Å². The second kappa shape index (κ2) is 11.5. The van der Waals surface area contributed by atoms with E-state index in [4.69, 9.17) is 4.74 Å². The third-order valence-corrected chi connectivity index (χ3v) is 7.40. The third kappa shape index (κ3) is 6.67. The van der Waals surface area contributed by atoms with Gasteiger partial charge in [-0.05, 0) is 43.4 Å². The van der Waals surface area contributed by atoms with Gasteiger partial charge >= 0.3 is 5.97 Å². The molecule has 0 radical (unpaired) electrons. The number of carbonyl (C=O) groups is 2. The molecule has 1 saturated heterocycles. The number of sulfonamides is 1. The topological polar surface area (TPSA) is 96.0 Å². The number of nitrogens with zero attached hydrogens (tertiary/aromatic N) is 2. The van der Waals surface area contributed by atoms with E-state index in [1.165, 1.54) is 16.4 Å². The zero-order chi connectivity index (χ0) is 23.0. The maximum Gasteiger partial charge on any atom is 0.340 e. The minimum absolute atomic E-state index is 0.0486. The second-order valence-corrected chi connectivity index (χ2v) is 10.0. The molecule has 0 aromatic heterocycles. The van der Waals surface area contributed by atoms with Gasteiger partial charge < -0.3 is 15.0 Å². The van der Waals surface area contributed by atoms with Gasteiger partial charge in [0.25, 0.3) is 5.91 Å². The predicted octanol–water partition coefficient (Wildman–Crippen LogP) is 2.64. The third-order valence-electron chi connectivity index (χ3n) is 5.36. The molecule has 1 aliphatic heterocycles. The summed E-state index contributed by atoms with van der Waals surface area (Å²) in [4.78, 5) is 27.0. The summed E-state index contributed by atoms with van der Waals surface area (Å²) in [5, 5.41) is 2.73. The largest absolute Gasteiger partial charge is 0.452 e. The number of amides is 1. The van der Waals surface area contributed by atoms with Crippen molar-refractivity contribution in [3.63, 3.8) is 0 Å². The van der Waals surface area contributed by atoms with Crippen LogP contribution in [-0.2, 0) is 19.6 Å². The van der Waals surface area contributed by atoms with Crippen LogP contribution in [0.1, 0.15) is 57.3 Å². The van der Waals surface area contributed by atoms with E-state index in [-0.39, 0.29) is 16.4 Å². The Morgan fingerprint density at radius 3 is 2.39 bits per heavy atom. The molecule has 1 aliphatic rings. The van der Waals surface area contributed by atoms with E-state index >= 15 is 0 Å². The average molecular weight is 454 g/mol. The first-order valence-corrected chi connectivity index (χ1v) is 12.5. The van der Waals surface area contributed by atoms with Crippen LogP contribution in [0.3, 0.4) is 0 Å². The molecule has 0 spiro atoms. The minimum atomic E-state index is -3.72. The Balaban J connectivity index is 2.23. The van der Waals surface area contributed by atoms with Crippen molar-refractivity contribution < 1.29 is 22.7 Å². The summed E-state index contributed by atoms with van der Waals surface area (Å²) in [6.45, 7) is 10.0. The van der Waals surface area contributed by atoms with Crippen LogP contribution >= 0.6 is 0 Å². The van der Waals surface area contributed by atoms with Crippen molar-refractivity contribution in [3.8, 4) is 0 Å². The van der Waals surface area contributed by atoms with Crippen LogP contribution in [0.4, 0.5) is 5.69 Å². The van der Waals surface area contributed by atoms with Crippen molar-refractivity contribution in [2.45, 2.75) is 51.9 Å². The van der Waals surface area contributed by atoms with Gasteiger partial charge in [-0.3, -0.25) is 4.79 Å². The Kier molecular flexibility index (Phi) is 9.31. The fourth-order valence-corrected chi connectivity index (χ4v) is 5.03. The lowest BCUT2D eigenvalue weighted by atomic mass is 10.1. The normalized spacial score (nSPS) is 14.3. The zero-order valence-corrected chi connectivity index (χ0v) is 19.8. The molecule has 1 heterocycles. The van der Waals surface area contributed by atoms with Gasteiger partial charge in [0.1, 0.15) is 0 Å². The number of esters is 1. The van der Waals surface area contributed by atoms with E-state index in [0.717, 1.165) is 32.4 Å². The molecule has 1 fully saturated rings. The summed E-state index contributed by atoms with van der Waals surface area (Å²) in [6.07, 6.45) is 2.85. The molecule has 8 nitrogen and oxygen atoms in total. The monoisotopic (exact) mass is 453 g/mol. The number of anilines is 1. The van der Waals surface area contributed by atoms with Crippen LogP contribution in [0.15, 0.2) is 23.1 Å². The number of rotatable bonds is 11. The molecule has 1 amide bonds. The van der Waals surface area contributed by atoms with Gasteiger partial charge in [-0.1, -0.05) is 27.7 Å². The maximum atomic E-state index is 12.9. The molecule has 9 heteroatoms. The van der Waals surface area contributed by atoms with Crippen LogP contribution in [-0.4, -0.2) is 63.9 Å². The summed E-state index contributed by atoms with van der Waals surface area (Å²) in [5.41, 5.74) is 0.811. The highest BCUT2D eigenvalue weighted by Gasteiger charge is 2.27. The quantitative estimate of drug-likeness (QED) is 0.518.